The van der Waals surface area contributed by atoms with Gasteiger partial charge in [0.25, 0.3) is 0 Å². The molecule has 1 aromatic rings. The highest BCUT2D eigenvalue weighted by atomic mass is 19.4. The largest absolute Gasteiger partial charge is 0.496 e. The fourth-order valence-corrected chi connectivity index (χ4v) is 1.88. The normalized spacial score (nSPS) is 17.2. The van der Waals surface area contributed by atoms with Gasteiger partial charge in [-0.15, -0.1) is 0 Å². The minimum atomic E-state index is -4.29. The SMILES string of the molecule is NC(Cc1ccc(C(F)(F)F)cc1)C1=CCCO1. The van der Waals surface area contributed by atoms with Crippen LogP contribution in [0.2, 0.25) is 0 Å². The first-order chi connectivity index (χ1) is 8.47. The maximum Gasteiger partial charge on any atom is 0.416 e. The van der Waals surface area contributed by atoms with Gasteiger partial charge in [0.15, 0.2) is 0 Å². The number of hydrogen-bond acceptors (Lipinski definition) is 2. The van der Waals surface area contributed by atoms with Gasteiger partial charge in [-0.25, -0.2) is 0 Å². The van der Waals surface area contributed by atoms with E-state index in [2.05, 4.69) is 0 Å². The van der Waals surface area contributed by atoms with E-state index in [-0.39, 0.29) is 6.04 Å². The minimum Gasteiger partial charge on any atom is -0.496 e. The molecule has 1 aliphatic rings. The van der Waals surface area contributed by atoms with Crippen molar-refractivity contribution in [3.05, 3.63) is 47.2 Å². The summed E-state index contributed by atoms with van der Waals surface area (Å²) in [5.74, 6) is 0.731. The third-order valence-corrected chi connectivity index (χ3v) is 2.83. The Morgan fingerprint density at radius 1 is 1.22 bits per heavy atom. The second-order valence-corrected chi connectivity index (χ2v) is 4.25. The highest BCUT2D eigenvalue weighted by Crippen LogP contribution is 2.29. The number of hydrogen-bond donors (Lipinski definition) is 1. The number of ether oxygens (including phenoxy) is 1. The van der Waals surface area contributed by atoms with Crippen LogP contribution in [0.5, 0.6) is 0 Å². The zero-order valence-corrected chi connectivity index (χ0v) is 9.70. The lowest BCUT2D eigenvalue weighted by Crippen LogP contribution is -2.25. The predicted molar refractivity (Wildman–Crippen MR) is 61.8 cm³/mol. The second kappa shape index (κ2) is 5.02. The van der Waals surface area contributed by atoms with Crippen LogP contribution < -0.4 is 5.73 Å². The third kappa shape index (κ3) is 3.04. The summed E-state index contributed by atoms with van der Waals surface area (Å²) in [6.45, 7) is 0.635. The second-order valence-electron chi connectivity index (χ2n) is 4.25. The van der Waals surface area contributed by atoms with Crippen molar-refractivity contribution in [2.24, 2.45) is 5.73 Å². The van der Waals surface area contributed by atoms with Gasteiger partial charge in [0.05, 0.1) is 18.2 Å². The Labute approximate surface area is 103 Å². The molecule has 0 spiro atoms. The number of nitrogens with two attached hydrogens (primary N) is 1. The summed E-state index contributed by atoms with van der Waals surface area (Å²) in [5.41, 5.74) is 6.05. The van der Waals surface area contributed by atoms with E-state index in [0.29, 0.717) is 13.0 Å². The number of alkyl halides is 3. The minimum absolute atomic E-state index is 0.288. The van der Waals surface area contributed by atoms with E-state index in [1.54, 1.807) is 0 Å². The lowest BCUT2D eigenvalue weighted by Gasteiger charge is -2.14. The first kappa shape index (κ1) is 13.0. The van der Waals surface area contributed by atoms with Gasteiger partial charge in [-0.1, -0.05) is 12.1 Å². The quantitative estimate of drug-likeness (QED) is 0.903. The maximum atomic E-state index is 12.4. The van der Waals surface area contributed by atoms with Crippen molar-refractivity contribution in [3.8, 4) is 0 Å². The van der Waals surface area contributed by atoms with Gasteiger partial charge in [0.1, 0.15) is 5.76 Å². The number of rotatable bonds is 3. The molecule has 1 heterocycles. The van der Waals surface area contributed by atoms with E-state index in [1.165, 1.54) is 12.1 Å². The van der Waals surface area contributed by atoms with Crippen molar-refractivity contribution in [2.75, 3.05) is 6.61 Å². The van der Waals surface area contributed by atoms with Crippen LogP contribution in [-0.4, -0.2) is 12.6 Å². The average molecular weight is 257 g/mol. The molecule has 1 atom stereocenters. The molecule has 0 aliphatic carbocycles. The molecule has 1 aromatic carbocycles. The fraction of sp³-hybridized carbons (Fsp3) is 0.385. The Bertz CT molecular complexity index is 437. The molecule has 0 aromatic heterocycles. The first-order valence-corrected chi connectivity index (χ1v) is 5.71. The van der Waals surface area contributed by atoms with Gasteiger partial charge < -0.3 is 10.5 Å². The topological polar surface area (TPSA) is 35.2 Å². The zero-order valence-electron chi connectivity index (χ0n) is 9.70. The van der Waals surface area contributed by atoms with Gasteiger partial charge in [0, 0.05) is 6.42 Å². The highest BCUT2D eigenvalue weighted by Gasteiger charge is 2.30. The van der Waals surface area contributed by atoms with Crippen molar-refractivity contribution in [3.63, 3.8) is 0 Å². The van der Waals surface area contributed by atoms with E-state index < -0.39 is 11.7 Å². The van der Waals surface area contributed by atoms with Crippen LogP contribution in [0.4, 0.5) is 13.2 Å². The smallest absolute Gasteiger partial charge is 0.416 e. The van der Waals surface area contributed by atoms with Crippen molar-refractivity contribution in [1.29, 1.82) is 0 Å². The van der Waals surface area contributed by atoms with Crippen molar-refractivity contribution < 1.29 is 17.9 Å². The standard InChI is InChI=1S/C13H14F3NO/c14-13(15,16)10-5-3-9(4-6-10)8-11(17)12-2-1-7-18-12/h2-6,11H,1,7-8,17H2. The summed E-state index contributed by atoms with van der Waals surface area (Å²) in [4.78, 5) is 0. The molecule has 0 saturated heterocycles. The summed E-state index contributed by atoms with van der Waals surface area (Å²) in [5, 5.41) is 0. The number of benzene rings is 1. The Morgan fingerprint density at radius 2 is 1.89 bits per heavy atom. The molecule has 1 aliphatic heterocycles. The molecule has 2 N–H and O–H groups in total. The van der Waals surface area contributed by atoms with E-state index in [1.807, 2.05) is 6.08 Å². The van der Waals surface area contributed by atoms with E-state index in [9.17, 15) is 13.2 Å². The third-order valence-electron chi connectivity index (χ3n) is 2.83. The Kier molecular flexibility index (Phi) is 3.61. The van der Waals surface area contributed by atoms with Crippen molar-refractivity contribution in [2.45, 2.75) is 25.1 Å². The molecule has 2 nitrogen and oxygen atoms in total. The Hall–Kier alpha value is -1.49. The van der Waals surface area contributed by atoms with Gasteiger partial charge in [-0.3, -0.25) is 0 Å². The van der Waals surface area contributed by atoms with E-state index >= 15 is 0 Å². The monoisotopic (exact) mass is 257 g/mol. The zero-order chi connectivity index (χ0) is 13.2. The molecule has 0 radical (unpaired) electrons. The van der Waals surface area contributed by atoms with Crippen LogP contribution in [0.15, 0.2) is 36.1 Å². The van der Waals surface area contributed by atoms with E-state index in [4.69, 9.17) is 10.5 Å². The van der Waals surface area contributed by atoms with Gasteiger partial charge in [0.2, 0.25) is 0 Å². The molecule has 2 rings (SSSR count). The molecule has 0 fully saturated rings. The summed E-state index contributed by atoms with van der Waals surface area (Å²) >= 11 is 0. The highest BCUT2D eigenvalue weighted by molar-refractivity contribution is 5.26. The molecule has 5 heteroatoms. The molecule has 98 valence electrons. The summed E-state index contributed by atoms with van der Waals surface area (Å²) in [6, 6.07) is 4.78. The van der Waals surface area contributed by atoms with Gasteiger partial charge >= 0.3 is 6.18 Å². The molecule has 18 heavy (non-hydrogen) atoms. The average Bonchev–Trinajstić information content (AvgIpc) is 2.82. The summed E-state index contributed by atoms with van der Waals surface area (Å²) in [6.07, 6.45) is -1.05. The Morgan fingerprint density at radius 3 is 2.39 bits per heavy atom. The Balaban J connectivity index is 2.02. The lowest BCUT2D eigenvalue weighted by atomic mass is 10.0. The van der Waals surface area contributed by atoms with Crippen molar-refractivity contribution >= 4 is 0 Å². The van der Waals surface area contributed by atoms with Crippen LogP contribution in [0, 0.1) is 0 Å². The first-order valence-electron chi connectivity index (χ1n) is 5.71. The number of halogens is 3. The van der Waals surface area contributed by atoms with E-state index in [0.717, 1.165) is 29.9 Å². The van der Waals surface area contributed by atoms with Gasteiger partial charge in [-0.2, -0.15) is 13.2 Å². The molecule has 1 unspecified atom stereocenters. The molecule has 0 saturated carbocycles. The van der Waals surface area contributed by atoms with Crippen LogP contribution >= 0.6 is 0 Å². The summed E-state index contributed by atoms with van der Waals surface area (Å²) < 4.78 is 42.4. The van der Waals surface area contributed by atoms with Crippen LogP contribution in [0.25, 0.3) is 0 Å². The fourth-order valence-electron chi connectivity index (χ4n) is 1.88. The molecular formula is C13H14F3NO. The molecule has 0 bridgehead atoms. The summed E-state index contributed by atoms with van der Waals surface area (Å²) in [7, 11) is 0. The molecule has 0 amide bonds. The molecular weight excluding hydrogens is 243 g/mol. The van der Waals surface area contributed by atoms with Gasteiger partial charge in [-0.05, 0) is 30.2 Å². The predicted octanol–water partition coefficient (Wildman–Crippen LogP) is 2.88. The van der Waals surface area contributed by atoms with Crippen molar-refractivity contribution in [1.82, 2.24) is 0 Å². The lowest BCUT2D eigenvalue weighted by molar-refractivity contribution is -0.137. The maximum absolute atomic E-state index is 12.4. The van der Waals surface area contributed by atoms with Crippen LogP contribution in [-0.2, 0) is 17.3 Å². The van der Waals surface area contributed by atoms with Crippen LogP contribution in [0.3, 0.4) is 0 Å². The van der Waals surface area contributed by atoms with Crippen LogP contribution in [0.1, 0.15) is 17.5 Å².